The number of carboxylic acids is 1. The summed E-state index contributed by atoms with van der Waals surface area (Å²) in [7, 11) is 0. The number of rotatable bonds is 10. The maximum absolute atomic E-state index is 13.5. The fourth-order valence-electron chi connectivity index (χ4n) is 3.49. The number of carboxylic acid groups (broad SMARTS) is 1. The number of benzene rings is 2. The van der Waals surface area contributed by atoms with Gasteiger partial charge < -0.3 is 14.6 Å². The van der Waals surface area contributed by atoms with Crippen molar-refractivity contribution >= 4 is 18.0 Å². The van der Waals surface area contributed by atoms with Crippen LogP contribution in [-0.2, 0) is 38.1 Å². The first-order valence-electron chi connectivity index (χ1n) is 11.6. The molecule has 0 bridgehead atoms. The summed E-state index contributed by atoms with van der Waals surface area (Å²) in [5, 5.41) is 10.6. The van der Waals surface area contributed by atoms with Gasteiger partial charge in [0.25, 0.3) is 0 Å². The van der Waals surface area contributed by atoms with Crippen LogP contribution in [0.25, 0.3) is 0 Å². The molecule has 0 unspecified atom stereocenters. The van der Waals surface area contributed by atoms with Gasteiger partial charge in [-0.25, -0.2) is 20.0 Å². The lowest BCUT2D eigenvalue weighted by molar-refractivity contribution is -0.153. The molecule has 0 aliphatic carbocycles. The van der Waals surface area contributed by atoms with Crippen LogP contribution in [0.3, 0.4) is 0 Å². The Morgan fingerprint density at radius 3 is 2.11 bits per heavy atom. The molecule has 2 aromatic rings. The average molecular weight is 525 g/mol. The predicted molar refractivity (Wildman–Crippen MR) is 128 cm³/mol. The number of hydrogen-bond donors (Lipinski definition) is 2. The van der Waals surface area contributed by atoms with Crippen molar-refractivity contribution in [1.82, 2.24) is 10.4 Å². The third-order valence-corrected chi connectivity index (χ3v) is 5.07. The Morgan fingerprint density at radius 2 is 1.57 bits per heavy atom. The number of esters is 1. The van der Waals surface area contributed by atoms with E-state index in [1.165, 1.54) is 12.1 Å². The van der Waals surface area contributed by atoms with Gasteiger partial charge in [0, 0.05) is 12.8 Å². The Bertz CT molecular complexity index is 1070. The van der Waals surface area contributed by atoms with Crippen LogP contribution in [0, 0.1) is 0 Å². The van der Waals surface area contributed by atoms with Crippen LogP contribution in [0.4, 0.5) is 18.0 Å². The SMILES string of the molecule is CCOC(=O)[C@H](Cc1ccccc1)N(N[C@@H](Cc1ccccc1C(F)(F)F)C(=O)O)C(=O)OC(C)(C)C. The Kier molecular flexibility index (Phi) is 10.1. The molecule has 0 radical (unpaired) electrons. The lowest BCUT2D eigenvalue weighted by Gasteiger charge is -2.34. The standard InChI is InChI=1S/C26H31F3N2O6/c1-5-36-23(34)21(15-17-11-7-6-8-12-17)31(24(35)37-25(2,3)4)30-20(22(32)33)16-18-13-9-10-14-19(18)26(27,28)29/h6-14,20-21,30H,5,15-16H2,1-4H3,(H,32,33)/t20-,21-/m0/s1. The fraction of sp³-hybridized carbons (Fsp3) is 0.423. The van der Waals surface area contributed by atoms with Crippen molar-refractivity contribution in [3.8, 4) is 0 Å². The topological polar surface area (TPSA) is 105 Å². The van der Waals surface area contributed by atoms with Gasteiger partial charge in [0.2, 0.25) is 0 Å². The van der Waals surface area contributed by atoms with Crippen LogP contribution in [0.1, 0.15) is 44.4 Å². The minimum atomic E-state index is -4.72. The first kappa shape index (κ1) is 29.6. The van der Waals surface area contributed by atoms with Crippen molar-refractivity contribution in [2.45, 2.75) is 64.4 Å². The van der Waals surface area contributed by atoms with Crippen molar-refractivity contribution in [1.29, 1.82) is 0 Å². The van der Waals surface area contributed by atoms with Crippen LogP contribution in [0.5, 0.6) is 0 Å². The van der Waals surface area contributed by atoms with E-state index in [1.807, 2.05) is 0 Å². The van der Waals surface area contributed by atoms with Crippen molar-refractivity contribution in [3.63, 3.8) is 0 Å². The molecule has 202 valence electrons. The Hall–Kier alpha value is -3.60. The highest BCUT2D eigenvalue weighted by atomic mass is 19.4. The van der Waals surface area contributed by atoms with E-state index >= 15 is 0 Å². The van der Waals surface area contributed by atoms with E-state index in [1.54, 1.807) is 58.0 Å². The molecule has 0 saturated heterocycles. The summed E-state index contributed by atoms with van der Waals surface area (Å²) >= 11 is 0. The highest BCUT2D eigenvalue weighted by Crippen LogP contribution is 2.32. The van der Waals surface area contributed by atoms with Gasteiger partial charge in [-0.15, -0.1) is 0 Å². The summed E-state index contributed by atoms with van der Waals surface area (Å²) in [5.74, 6) is -2.38. The fourth-order valence-corrected chi connectivity index (χ4v) is 3.49. The third-order valence-electron chi connectivity index (χ3n) is 5.07. The van der Waals surface area contributed by atoms with Crippen LogP contribution < -0.4 is 5.43 Å². The van der Waals surface area contributed by atoms with E-state index < -0.39 is 53.9 Å². The summed E-state index contributed by atoms with van der Waals surface area (Å²) in [6.07, 6.45) is -6.51. The van der Waals surface area contributed by atoms with Gasteiger partial charge in [0.1, 0.15) is 11.6 Å². The van der Waals surface area contributed by atoms with E-state index in [2.05, 4.69) is 5.43 Å². The van der Waals surface area contributed by atoms with Gasteiger partial charge in [-0.05, 0) is 44.9 Å². The highest BCUT2D eigenvalue weighted by Gasteiger charge is 2.39. The number of alkyl halides is 3. The smallest absolute Gasteiger partial charge is 0.425 e. The zero-order valence-electron chi connectivity index (χ0n) is 21.0. The Balaban J connectivity index is 2.50. The molecule has 8 nitrogen and oxygen atoms in total. The number of nitrogens with one attached hydrogen (secondary N) is 1. The van der Waals surface area contributed by atoms with E-state index in [-0.39, 0.29) is 18.6 Å². The molecule has 1 amide bonds. The number of ether oxygens (including phenoxy) is 2. The zero-order chi connectivity index (χ0) is 27.8. The third kappa shape index (κ3) is 9.09. The first-order valence-corrected chi connectivity index (χ1v) is 11.6. The van der Waals surface area contributed by atoms with Gasteiger partial charge in [-0.3, -0.25) is 4.79 Å². The number of amides is 1. The molecule has 2 rings (SSSR count). The molecule has 0 spiro atoms. The number of hydrazine groups is 1. The normalized spacial score (nSPS) is 13.4. The monoisotopic (exact) mass is 524 g/mol. The molecule has 0 heterocycles. The summed E-state index contributed by atoms with van der Waals surface area (Å²) in [5.41, 5.74) is 0.762. The average Bonchev–Trinajstić information content (AvgIpc) is 2.79. The number of halogens is 3. The minimum Gasteiger partial charge on any atom is -0.480 e. The molecule has 0 saturated carbocycles. The molecular weight excluding hydrogens is 493 g/mol. The van der Waals surface area contributed by atoms with Gasteiger partial charge in [-0.2, -0.15) is 13.2 Å². The Labute approximate surface area is 213 Å². The van der Waals surface area contributed by atoms with Crippen LogP contribution >= 0.6 is 0 Å². The first-order chi connectivity index (χ1) is 17.2. The van der Waals surface area contributed by atoms with Gasteiger partial charge in [-0.1, -0.05) is 48.5 Å². The second-order valence-electron chi connectivity index (χ2n) is 9.19. The number of aliphatic carboxylic acids is 1. The van der Waals surface area contributed by atoms with Crippen molar-refractivity contribution in [3.05, 3.63) is 71.3 Å². The maximum Gasteiger partial charge on any atom is 0.425 e. The van der Waals surface area contributed by atoms with Gasteiger partial charge in [0.15, 0.2) is 6.04 Å². The second-order valence-corrected chi connectivity index (χ2v) is 9.19. The van der Waals surface area contributed by atoms with Crippen LogP contribution in [0.2, 0.25) is 0 Å². The van der Waals surface area contributed by atoms with Crippen LogP contribution in [0.15, 0.2) is 54.6 Å². The Morgan fingerprint density at radius 1 is 0.973 bits per heavy atom. The summed E-state index contributed by atoms with van der Waals surface area (Å²) in [6, 6.07) is 10.0. The predicted octanol–water partition coefficient (Wildman–Crippen LogP) is 4.62. The number of carbonyl (C=O) groups excluding carboxylic acids is 2. The molecule has 37 heavy (non-hydrogen) atoms. The van der Waals surface area contributed by atoms with E-state index in [0.717, 1.165) is 12.1 Å². The molecule has 0 aromatic heterocycles. The van der Waals surface area contributed by atoms with E-state index in [0.29, 0.717) is 10.6 Å². The van der Waals surface area contributed by atoms with Gasteiger partial charge in [0.05, 0.1) is 12.2 Å². The molecule has 0 fully saturated rings. The molecule has 11 heteroatoms. The lowest BCUT2D eigenvalue weighted by atomic mass is 10.00. The molecule has 0 aliphatic rings. The lowest BCUT2D eigenvalue weighted by Crippen LogP contribution is -2.60. The van der Waals surface area contributed by atoms with Crippen molar-refractivity contribution < 1.29 is 42.1 Å². The van der Waals surface area contributed by atoms with Crippen molar-refractivity contribution in [2.24, 2.45) is 0 Å². The maximum atomic E-state index is 13.5. The largest absolute Gasteiger partial charge is 0.480 e. The summed E-state index contributed by atoms with van der Waals surface area (Å²) < 4.78 is 51.1. The van der Waals surface area contributed by atoms with Crippen molar-refractivity contribution in [2.75, 3.05) is 6.61 Å². The number of carbonyl (C=O) groups is 3. The molecule has 2 N–H and O–H groups in total. The van der Waals surface area contributed by atoms with E-state index in [4.69, 9.17) is 9.47 Å². The molecular formula is C26H31F3N2O6. The van der Waals surface area contributed by atoms with Gasteiger partial charge >= 0.3 is 24.2 Å². The van der Waals surface area contributed by atoms with E-state index in [9.17, 15) is 32.7 Å². The summed E-state index contributed by atoms with van der Waals surface area (Å²) in [6.45, 7) is 6.28. The quantitative estimate of drug-likeness (QED) is 0.345. The zero-order valence-corrected chi connectivity index (χ0v) is 21.0. The second kappa shape index (κ2) is 12.6. The highest BCUT2D eigenvalue weighted by molar-refractivity contribution is 5.82. The minimum absolute atomic E-state index is 0.0202. The number of nitrogens with zero attached hydrogens (tertiary/aromatic N) is 1. The number of hydrogen-bond acceptors (Lipinski definition) is 6. The molecule has 0 aliphatic heterocycles. The molecule has 2 atom stereocenters. The van der Waals surface area contributed by atoms with Crippen LogP contribution in [-0.4, -0.2) is 52.4 Å². The molecule has 2 aromatic carbocycles. The summed E-state index contributed by atoms with van der Waals surface area (Å²) in [4.78, 5) is 38.3.